The lowest BCUT2D eigenvalue weighted by Gasteiger charge is -2.16. The van der Waals surface area contributed by atoms with Crippen LogP contribution in [0.1, 0.15) is 6.92 Å². The van der Waals surface area contributed by atoms with Crippen molar-refractivity contribution in [3.05, 3.63) is 0 Å². The number of rotatable bonds is 2. The molecule has 8 heavy (non-hydrogen) atoms. The molecule has 0 saturated carbocycles. The first-order chi connectivity index (χ1) is 3.42. The van der Waals surface area contributed by atoms with Crippen LogP contribution in [-0.4, -0.2) is 26.8 Å². The van der Waals surface area contributed by atoms with Gasteiger partial charge in [-0.15, -0.1) is 0 Å². The summed E-state index contributed by atoms with van der Waals surface area (Å²) in [6.45, 7) is 1.31. The molecule has 0 fully saturated rings. The second-order valence-corrected chi connectivity index (χ2v) is 2.95. The van der Waals surface area contributed by atoms with E-state index in [1.54, 1.807) is 0 Å². The van der Waals surface area contributed by atoms with E-state index in [4.69, 9.17) is 20.6 Å². The molecule has 0 bridgehead atoms. The van der Waals surface area contributed by atoms with Gasteiger partial charge in [-0.1, -0.05) is 0 Å². The highest BCUT2D eigenvalue weighted by Crippen LogP contribution is 2.25. The third-order valence-electron chi connectivity index (χ3n) is 0.462. The average molecular weight is 139 g/mol. The molecule has 0 spiro atoms. The molecule has 0 heterocycles. The lowest BCUT2D eigenvalue weighted by atomic mass is 10.3. The lowest BCUT2D eigenvalue weighted by Crippen LogP contribution is -2.38. The predicted octanol–water partition coefficient (Wildman–Crippen LogP) is -1.05. The molecular weight excluding hydrogens is 129 g/mol. The minimum Gasteiger partial charge on any atom is -0.376 e. The van der Waals surface area contributed by atoms with Crippen LogP contribution in [0.25, 0.3) is 0 Å². The molecule has 0 aromatic rings. The Hall–Kier alpha value is 0.270. The molecule has 0 aliphatic carbocycles. The van der Waals surface area contributed by atoms with Gasteiger partial charge in [0.05, 0.1) is 6.16 Å². The summed E-state index contributed by atoms with van der Waals surface area (Å²) in [6, 6.07) is 0. The fourth-order valence-electron chi connectivity index (χ4n) is 0.286. The smallest absolute Gasteiger partial charge is 0.169 e. The monoisotopic (exact) mass is 139 g/mol. The second kappa shape index (κ2) is 2.71. The zero-order valence-electron chi connectivity index (χ0n) is 4.57. The Kier molecular flexibility index (Phi) is 2.80. The largest absolute Gasteiger partial charge is 0.376 e. The Labute approximate surface area is 48.9 Å². The van der Waals surface area contributed by atoms with Crippen LogP contribution in [0, 0.1) is 0 Å². The van der Waals surface area contributed by atoms with Crippen molar-refractivity contribution in [1.82, 2.24) is 0 Å². The predicted molar refractivity (Wildman–Crippen MR) is 31.0 cm³/mol. The van der Waals surface area contributed by atoms with Crippen LogP contribution in [0.5, 0.6) is 0 Å². The van der Waals surface area contributed by atoms with Crippen molar-refractivity contribution in [3.8, 4) is 0 Å². The molecule has 5 heteroatoms. The third kappa shape index (κ3) is 6.27. The van der Waals surface area contributed by atoms with Crippen LogP contribution in [0.3, 0.4) is 0 Å². The van der Waals surface area contributed by atoms with Crippen molar-refractivity contribution in [2.75, 3.05) is 6.16 Å². The Morgan fingerprint density at radius 3 is 2.00 bits per heavy atom. The molecule has 1 atom stereocenters. The van der Waals surface area contributed by atoms with E-state index < -0.39 is 14.1 Å². The Morgan fingerprint density at radius 2 is 2.00 bits per heavy atom. The van der Waals surface area contributed by atoms with Crippen molar-refractivity contribution in [3.63, 3.8) is 0 Å². The van der Waals surface area contributed by atoms with Crippen molar-refractivity contribution >= 4 is 8.38 Å². The van der Waals surface area contributed by atoms with Crippen LogP contribution in [0.15, 0.2) is 0 Å². The molecule has 0 amide bonds. The van der Waals surface area contributed by atoms with Crippen molar-refractivity contribution < 1.29 is 14.9 Å². The van der Waals surface area contributed by atoms with Gasteiger partial charge in [0.15, 0.2) is 8.38 Å². The van der Waals surface area contributed by atoms with Gasteiger partial charge < -0.3 is 20.6 Å². The van der Waals surface area contributed by atoms with Crippen molar-refractivity contribution in [2.45, 2.75) is 12.6 Å². The van der Waals surface area contributed by atoms with E-state index in [0.717, 1.165) is 0 Å². The fourth-order valence-corrected chi connectivity index (χ4v) is 0.859. The second-order valence-electron chi connectivity index (χ2n) is 1.89. The van der Waals surface area contributed by atoms with E-state index in [2.05, 4.69) is 0 Å². The zero-order chi connectivity index (χ0) is 6.78. The molecule has 0 aliphatic rings. The average Bonchev–Trinajstić information content (AvgIpc) is 1.21. The molecule has 50 valence electrons. The summed E-state index contributed by atoms with van der Waals surface area (Å²) in [7, 11) is -2.06. The number of aliphatic hydroxyl groups is 1. The van der Waals surface area contributed by atoms with E-state index in [1.165, 1.54) is 6.92 Å². The van der Waals surface area contributed by atoms with E-state index in [-0.39, 0.29) is 6.16 Å². The summed E-state index contributed by atoms with van der Waals surface area (Å²) in [6.07, 6.45) is -0.164. The van der Waals surface area contributed by atoms with Gasteiger partial charge in [-0.05, 0) is 6.92 Å². The van der Waals surface area contributed by atoms with Crippen LogP contribution in [-0.2, 0) is 0 Å². The van der Waals surface area contributed by atoms with Gasteiger partial charge in [0, 0.05) is 0 Å². The first-order valence-corrected chi connectivity index (χ1v) is 3.51. The van der Waals surface area contributed by atoms with Crippen LogP contribution in [0.4, 0.5) is 0 Å². The summed E-state index contributed by atoms with van der Waals surface area (Å²) in [5, 5.41) is 8.66. The third-order valence-corrected chi connectivity index (χ3v) is 1.38. The van der Waals surface area contributed by atoms with Crippen molar-refractivity contribution in [1.29, 1.82) is 0 Å². The molecule has 1 unspecified atom stereocenters. The maximum Gasteiger partial charge on any atom is 0.169 e. The van der Waals surface area contributed by atoms with Crippen LogP contribution in [0.2, 0.25) is 0 Å². The van der Waals surface area contributed by atoms with Gasteiger partial charge in [-0.25, -0.2) is 0 Å². The topological polar surface area (TPSA) is 86.7 Å². The van der Waals surface area contributed by atoms with Crippen LogP contribution >= 0.6 is 8.38 Å². The SMILES string of the molecule is CC(N)(O)CP(O)O. The van der Waals surface area contributed by atoms with Gasteiger partial charge in [-0.3, -0.25) is 0 Å². The van der Waals surface area contributed by atoms with E-state index >= 15 is 0 Å². The Bertz CT molecular complexity index is 69.4. The Balaban J connectivity index is 3.39. The standard InChI is InChI=1S/C3H10NO3P/c1-3(4,5)2-8(6)7/h5-7H,2,4H2,1H3. The van der Waals surface area contributed by atoms with E-state index in [0.29, 0.717) is 0 Å². The summed E-state index contributed by atoms with van der Waals surface area (Å²) >= 11 is 0. The van der Waals surface area contributed by atoms with E-state index in [9.17, 15) is 0 Å². The number of nitrogens with two attached hydrogens (primary N) is 1. The highest BCUT2D eigenvalue weighted by Gasteiger charge is 2.17. The van der Waals surface area contributed by atoms with Crippen LogP contribution < -0.4 is 5.73 Å². The number of hydrogen-bond acceptors (Lipinski definition) is 4. The minimum absolute atomic E-state index is 0.164. The van der Waals surface area contributed by atoms with E-state index in [1.807, 2.05) is 0 Å². The molecule has 0 saturated heterocycles. The van der Waals surface area contributed by atoms with Gasteiger partial charge in [0.25, 0.3) is 0 Å². The molecule has 5 N–H and O–H groups in total. The molecule has 0 aliphatic heterocycles. The molecule has 0 aromatic heterocycles. The van der Waals surface area contributed by atoms with Crippen molar-refractivity contribution in [2.24, 2.45) is 5.73 Å². The summed E-state index contributed by atoms with van der Waals surface area (Å²) in [5.74, 6) is 0. The first kappa shape index (κ1) is 8.27. The molecular formula is C3H10NO3P. The highest BCUT2D eigenvalue weighted by atomic mass is 31.2. The van der Waals surface area contributed by atoms with Gasteiger partial charge in [-0.2, -0.15) is 0 Å². The zero-order valence-corrected chi connectivity index (χ0v) is 5.47. The maximum atomic E-state index is 8.66. The fraction of sp³-hybridized carbons (Fsp3) is 1.00. The normalized spacial score (nSPS) is 18.8. The highest BCUT2D eigenvalue weighted by molar-refractivity contribution is 7.45. The summed E-state index contributed by atoms with van der Waals surface area (Å²) in [5.41, 5.74) is 3.54. The first-order valence-electron chi connectivity index (χ1n) is 2.08. The molecule has 4 nitrogen and oxygen atoms in total. The summed E-state index contributed by atoms with van der Waals surface area (Å²) < 4.78 is 0. The molecule has 0 radical (unpaired) electrons. The summed E-state index contributed by atoms with van der Waals surface area (Å²) in [4.78, 5) is 16.5. The van der Waals surface area contributed by atoms with Gasteiger partial charge in [0.2, 0.25) is 0 Å². The lowest BCUT2D eigenvalue weighted by molar-refractivity contribution is 0.0887. The molecule has 0 rings (SSSR count). The Morgan fingerprint density at radius 1 is 1.62 bits per heavy atom. The van der Waals surface area contributed by atoms with Gasteiger partial charge in [0.1, 0.15) is 5.72 Å². The molecule has 0 aromatic carbocycles. The van der Waals surface area contributed by atoms with Gasteiger partial charge >= 0.3 is 0 Å². The minimum atomic E-state index is -2.06. The quantitative estimate of drug-likeness (QED) is 0.290. The maximum absolute atomic E-state index is 8.66. The number of hydrogen-bond donors (Lipinski definition) is 4.